The van der Waals surface area contributed by atoms with E-state index in [9.17, 15) is 14.4 Å². The lowest BCUT2D eigenvalue weighted by molar-refractivity contribution is -0.132. The van der Waals surface area contributed by atoms with E-state index in [-0.39, 0.29) is 30.5 Å². The van der Waals surface area contributed by atoms with E-state index < -0.39 is 5.97 Å². The van der Waals surface area contributed by atoms with Crippen LogP contribution in [0.3, 0.4) is 0 Å². The van der Waals surface area contributed by atoms with Crippen LogP contribution in [0.25, 0.3) is 30.4 Å². The number of ketones is 1. The van der Waals surface area contributed by atoms with E-state index in [0.717, 1.165) is 75.0 Å². The Morgan fingerprint density at radius 3 is 1.13 bits per heavy atom. The van der Waals surface area contributed by atoms with E-state index in [0.29, 0.717) is 18.4 Å². The number of likely N-dealkylation sites (N-methyl/N-ethyl adjacent to an activating group) is 1. The van der Waals surface area contributed by atoms with Crippen molar-refractivity contribution in [3.8, 4) is 0 Å². The molecule has 352 valence electrons. The van der Waals surface area contributed by atoms with Crippen LogP contribution in [0.15, 0.2) is 141 Å². The standard InChI is InChI=1S/C12H12BrNO2.2C11H12BrN.C11H9BrO.C10H7BrO2/c1-14(7-15)12(16)10-4-8-2-3-11(13)6-9(8)5-10;3*1-7(13)9-4-8-2-3-11(12)6-10(8)5-9;11-9-2-1-6-3-8(10(12)13)4-7(6)5-9/h2-3,5-6,15H,4,7H2,1H3;2*2-3,5-7H,4,13H2,1H3;2-3,5-6H,4H2,1H3;1-2,4-5H,3H2,(H,12,13). The molecule has 5 aromatic rings. The number of fused-ring (bicyclic) bond motifs is 5. The molecule has 1 amide bonds. The van der Waals surface area contributed by atoms with Gasteiger partial charge in [0.1, 0.15) is 6.73 Å². The highest BCUT2D eigenvalue weighted by molar-refractivity contribution is 9.11. The van der Waals surface area contributed by atoms with E-state index in [1.165, 1.54) is 49.4 Å². The normalized spacial score (nSPS) is 14.8. The number of rotatable bonds is 6. The number of carboxylic acid groups (broad SMARTS) is 1. The number of aliphatic hydroxyl groups excluding tert-OH is 1. The van der Waals surface area contributed by atoms with Gasteiger partial charge in [-0.15, -0.1) is 0 Å². The minimum atomic E-state index is -0.827. The predicted molar refractivity (Wildman–Crippen MR) is 295 cm³/mol. The molecule has 5 aliphatic carbocycles. The molecule has 0 heterocycles. The molecule has 6 N–H and O–H groups in total. The summed E-state index contributed by atoms with van der Waals surface area (Å²) in [5.74, 6) is -0.769. The number of aliphatic carboxylic acids is 1. The maximum absolute atomic E-state index is 11.8. The van der Waals surface area contributed by atoms with Crippen molar-refractivity contribution in [1.82, 2.24) is 4.90 Å². The van der Waals surface area contributed by atoms with Crippen LogP contribution in [0.2, 0.25) is 0 Å². The Morgan fingerprint density at radius 2 is 0.809 bits per heavy atom. The van der Waals surface area contributed by atoms with Crippen molar-refractivity contribution in [2.75, 3.05) is 13.8 Å². The fourth-order valence-corrected chi connectivity index (χ4v) is 9.87. The SMILES string of the molecule is CC(=O)C1=Cc2cc(Br)ccc2C1.CC(N)C1=Cc2cc(Br)ccc2C1.CC(N)C1=Cc2cc(Br)ccc2C1.CN(CO)C(=O)C1=Cc2cc(Br)ccc2C1.O=C(O)C1=Cc2cc(Br)ccc2C1. The third-order valence-electron chi connectivity index (χ3n) is 11.9. The van der Waals surface area contributed by atoms with Crippen LogP contribution in [0.4, 0.5) is 0 Å². The smallest absolute Gasteiger partial charge is 0.331 e. The monoisotopic (exact) mass is 1230 g/mol. The summed E-state index contributed by atoms with van der Waals surface area (Å²) in [4.78, 5) is 34.9. The minimum Gasteiger partial charge on any atom is -0.478 e. The molecule has 0 aliphatic heterocycles. The van der Waals surface area contributed by atoms with Crippen LogP contribution in [0.1, 0.15) is 76.4 Å². The van der Waals surface area contributed by atoms with Gasteiger partial charge in [0.25, 0.3) is 5.91 Å². The molecule has 0 aromatic heterocycles. The molecular formula is C55H52Br5N3O5. The molecule has 0 radical (unpaired) electrons. The van der Waals surface area contributed by atoms with Crippen molar-refractivity contribution in [2.45, 2.75) is 65.0 Å². The number of benzene rings is 5. The van der Waals surface area contributed by atoms with Gasteiger partial charge in [-0.2, -0.15) is 0 Å². The topological polar surface area (TPSA) is 147 Å². The molecule has 2 unspecified atom stereocenters. The quantitative estimate of drug-likeness (QED) is 0.124. The van der Waals surface area contributed by atoms with Crippen molar-refractivity contribution in [2.24, 2.45) is 11.5 Å². The molecule has 0 saturated carbocycles. The highest BCUT2D eigenvalue weighted by atomic mass is 79.9. The van der Waals surface area contributed by atoms with Gasteiger partial charge in [0, 0.05) is 71.9 Å². The van der Waals surface area contributed by atoms with E-state index >= 15 is 0 Å². The number of hydrogen-bond acceptors (Lipinski definition) is 6. The fourth-order valence-electron chi connectivity index (χ4n) is 7.97. The summed E-state index contributed by atoms with van der Waals surface area (Å²) >= 11 is 17.1. The second-order valence-corrected chi connectivity index (χ2v) is 21.7. The predicted octanol–water partition coefficient (Wildman–Crippen LogP) is 12.7. The lowest BCUT2D eigenvalue weighted by Crippen LogP contribution is -2.28. The molecule has 68 heavy (non-hydrogen) atoms. The van der Waals surface area contributed by atoms with Crippen molar-refractivity contribution in [3.05, 3.63) is 197 Å². The molecule has 0 spiro atoms. The summed E-state index contributed by atoms with van der Waals surface area (Å²) in [6, 6.07) is 31.0. The number of carboxylic acids is 1. The van der Waals surface area contributed by atoms with E-state index in [4.69, 9.17) is 21.7 Å². The highest BCUT2D eigenvalue weighted by Crippen LogP contribution is 2.32. The second-order valence-electron chi connectivity index (χ2n) is 17.1. The fraction of sp³-hybridized carbons (Fsp3) is 0.218. The Balaban J connectivity index is 0.000000140. The molecule has 2 atom stereocenters. The van der Waals surface area contributed by atoms with Crippen LogP contribution < -0.4 is 11.5 Å². The maximum atomic E-state index is 11.8. The summed E-state index contributed by atoms with van der Waals surface area (Å²) in [7, 11) is 1.59. The molecule has 13 heteroatoms. The number of carbonyl (C=O) groups excluding carboxylic acids is 2. The highest BCUT2D eigenvalue weighted by Gasteiger charge is 2.22. The van der Waals surface area contributed by atoms with Gasteiger partial charge in [-0.25, -0.2) is 4.79 Å². The van der Waals surface area contributed by atoms with E-state index in [2.05, 4.69) is 134 Å². The van der Waals surface area contributed by atoms with Crippen molar-refractivity contribution >= 4 is 128 Å². The molecule has 10 rings (SSSR count). The van der Waals surface area contributed by atoms with Gasteiger partial charge >= 0.3 is 5.97 Å². The number of halogens is 5. The average molecular weight is 1230 g/mol. The van der Waals surface area contributed by atoms with Gasteiger partial charge in [0.05, 0.1) is 0 Å². The van der Waals surface area contributed by atoms with Crippen LogP contribution in [0, 0.1) is 0 Å². The maximum Gasteiger partial charge on any atom is 0.331 e. The van der Waals surface area contributed by atoms with E-state index in [1.54, 1.807) is 20.0 Å². The molecule has 8 nitrogen and oxygen atoms in total. The summed E-state index contributed by atoms with van der Waals surface area (Å²) < 4.78 is 5.31. The zero-order valence-electron chi connectivity index (χ0n) is 38.1. The van der Waals surface area contributed by atoms with Crippen molar-refractivity contribution < 1.29 is 24.6 Å². The Labute approximate surface area is 440 Å². The summed E-state index contributed by atoms with van der Waals surface area (Å²) in [6.07, 6.45) is 14.0. The van der Waals surface area contributed by atoms with Gasteiger partial charge in [-0.1, -0.05) is 122 Å². The van der Waals surface area contributed by atoms with Crippen molar-refractivity contribution in [3.63, 3.8) is 0 Å². The van der Waals surface area contributed by atoms with Crippen LogP contribution in [-0.4, -0.2) is 58.6 Å². The second kappa shape index (κ2) is 24.0. The van der Waals surface area contributed by atoms with Gasteiger partial charge < -0.3 is 26.6 Å². The number of amides is 1. The van der Waals surface area contributed by atoms with Crippen molar-refractivity contribution in [1.29, 1.82) is 0 Å². The molecule has 5 aliphatic rings. The first-order chi connectivity index (χ1) is 32.3. The number of carbonyl (C=O) groups is 3. The van der Waals surface area contributed by atoms with Crippen LogP contribution in [-0.2, 0) is 46.5 Å². The first kappa shape index (κ1) is 53.0. The summed E-state index contributed by atoms with van der Waals surface area (Å²) in [5, 5.41) is 17.7. The number of hydrogen-bond donors (Lipinski definition) is 4. The van der Waals surface area contributed by atoms with Crippen LogP contribution >= 0.6 is 79.6 Å². The lowest BCUT2D eigenvalue weighted by atomic mass is 10.1. The molecule has 0 saturated heterocycles. The van der Waals surface area contributed by atoms with Gasteiger partial charge in [0.15, 0.2) is 5.78 Å². The Kier molecular flexibility index (Phi) is 18.7. The Hall–Kier alpha value is -4.31. The number of Topliss-reactive ketones (excluding diaryl/α,β-unsaturated/α-hetero) is 1. The Bertz CT molecular complexity index is 2780. The number of nitrogens with two attached hydrogens (primary N) is 2. The summed E-state index contributed by atoms with van der Waals surface area (Å²) in [6.45, 7) is 5.43. The summed E-state index contributed by atoms with van der Waals surface area (Å²) in [5.41, 5.74) is 28.5. The van der Waals surface area contributed by atoms with Gasteiger partial charge in [0.2, 0.25) is 0 Å². The van der Waals surface area contributed by atoms with Gasteiger partial charge in [-0.05, 0) is 185 Å². The third kappa shape index (κ3) is 14.2. The molecule has 5 aromatic carbocycles. The third-order valence-corrected chi connectivity index (χ3v) is 14.3. The Morgan fingerprint density at radius 1 is 0.515 bits per heavy atom. The number of allylic oxidation sites excluding steroid dienone is 1. The average Bonchev–Trinajstić information content (AvgIpc) is 4.15. The van der Waals surface area contributed by atoms with Crippen LogP contribution in [0.5, 0.6) is 0 Å². The molecular weight excluding hydrogens is 1180 g/mol. The molecule has 0 bridgehead atoms. The number of nitrogens with zero attached hydrogens (tertiary/aromatic N) is 1. The first-order valence-corrected chi connectivity index (χ1v) is 25.8. The largest absolute Gasteiger partial charge is 0.478 e. The van der Waals surface area contributed by atoms with Gasteiger partial charge in [-0.3, -0.25) is 9.59 Å². The lowest BCUT2D eigenvalue weighted by Gasteiger charge is -2.13. The first-order valence-electron chi connectivity index (χ1n) is 21.8. The number of aliphatic hydroxyl groups is 1. The zero-order valence-corrected chi connectivity index (χ0v) is 46.0. The molecule has 0 fully saturated rings. The minimum absolute atomic E-state index is 0.116. The zero-order chi connectivity index (χ0) is 49.4. The van der Waals surface area contributed by atoms with E-state index in [1.807, 2.05) is 74.5 Å².